The third-order valence-corrected chi connectivity index (χ3v) is 8.53. The molecule has 0 unspecified atom stereocenters. The van der Waals surface area contributed by atoms with Gasteiger partial charge in [0.25, 0.3) is 0 Å². The Balaban J connectivity index is 0.899. The lowest BCUT2D eigenvalue weighted by Crippen LogP contribution is -2.36. The second-order valence-electron chi connectivity index (χ2n) is 12.7. The Morgan fingerprint density at radius 3 is 2.65 bits per heavy atom. The molecule has 0 atom stereocenters. The zero-order valence-corrected chi connectivity index (χ0v) is 26.3. The van der Waals surface area contributed by atoms with Crippen molar-refractivity contribution >= 4 is 22.4 Å². The number of benzene rings is 2. The lowest BCUT2D eigenvalue weighted by atomic mass is 9.80. The molecular formula is C34H39N11O. The average Bonchev–Trinajstić information content (AvgIpc) is 3.69. The Bertz CT molecular complexity index is 1910. The maximum absolute atomic E-state index is 5.93. The summed E-state index contributed by atoms with van der Waals surface area (Å²) in [5, 5.41) is 30.7. The van der Waals surface area contributed by atoms with Crippen LogP contribution in [0.5, 0.6) is 5.88 Å². The topological polar surface area (TPSA) is 133 Å². The van der Waals surface area contributed by atoms with Gasteiger partial charge in [-0.25, -0.2) is 9.97 Å². The van der Waals surface area contributed by atoms with Gasteiger partial charge in [0.05, 0.1) is 17.1 Å². The molecule has 2 aromatic carbocycles. The van der Waals surface area contributed by atoms with Crippen LogP contribution >= 0.6 is 0 Å². The van der Waals surface area contributed by atoms with Gasteiger partial charge in [-0.3, -0.25) is 4.68 Å². The van der Waals surface area contributed by atoms with Gasteiger partial charge in [-0.2, -0.15) is 4.52 Å². The smallest absolute Gasteiger partial charge is 0.224 e. The van der Waals surface area contributed by atoms with E-state index in [2.05, 4.69) is 61.0 Å². The third kappa shape index (κ3) is 6.66. The average molecular weight is 618 g/mol. The first-order valence-electron chi connectivity index (χ1n) is 16.0. The Labute approximate surface area is 267 Å². The monoisotopic (exact) mass is 617 g/mol. The van der Waals surface area contributed by atoms with E-state index in [0.29, 0.717) is 18.4 Å². The Hall–Kier alpha value is -4.97. The number of fused-ring (bicyclic) bond motifs is 2. The lowest BCUT2D eigenvalue weighted by Gasteiger charge is -2.30. The highest BCUT2D eigenvalue weighted by atomic mass is 16.5. The van der Waals surface area contributed by atoms with E-state index >= 15 is 0 Å². The van der Waals surface area contributed by atoms with E-state index in [0.717, 1.165) is 72.0 Å². The molecule has 2 N–H and O–H groups in total. The van der Waals surface area contributed by atoms with E-state index in [1.165, 1.54) is 31.2 Å². The van der Waals surface area contributed by atoms with Crippen molar-refractivity contribution in [1.29, 1.82) is 0 Å². The molecule has 46 heavy (non-hydrogen) atoms. The number of hydrogen-bond acceptors (Lipinski definition) is 10. The van der Waals surface area contributed by atoms with Gasteiger partial charge in [0.15, 0.2) is 17.3 Å². The molecule has 236 valence electrons. The number of aromatic nitrogens is 9. The molecule has 12 nitrogen and oxygen atoms in total. The summed E-state index contributed by atoms with van der Waals surface area (Å²) in [6.07, 6.45) is 8.02. The summed E-state index contributed by atoms with van der Waals surface area (Å²) in [6, 6.07) is 20.1. The number of hydrogen-bond donors (Lipinski definition) is 2. The van der Waals surface area contributed by atoms with Gasteiger partial charge in [0.1, 0.15) is 18.6 Å². The fraction of sp³-hybridized carbons (Fsp3) is 0.382. The van der Waals surface area contributed by atoms with Gasteiger partial charge in [-0.05, 0) is 55.3 Å². The third-order valence-electron chi connectivity index (χ3n) is 8.53. The Morgan fingerprint density at radius 2 is 1.80 bits per heavy atom. The minimum atomic E-state index is 0.00585. The molecule has 1 aliphatic rings. The molecule has 1 aliphatic carbocycles. The molecule has 0 amide bonds. The van der Waals surface area contributed by atoms with E-state index in [1.807, 2.05) is 70.0 Å². The van der Waals surface area contributed by atoms with E-state index in [1.54, 1.807) is 0 Å². The molecule has 1 saturated carbocycles. The van der Waals surface area contributed by atoms with Crippen LogP contribution in [0.4, 0.5) is 5.82 Å². The second kappa shape index (κ2) is 13.2. The number of para-hydroxylation sites is 1. The quantitative estimate of drug-likeness (QED) is 0.155. The number of nitrogens with zero attached hydrogens (tertiary/aromatic N) is 9. The van der Waals surface area contributed by atoms with Gasteiger partial charge >= 0.3 is 0 Å². The molecule has 4 heterocycles. The second-order valence-corrected chi connectivity index (χ2v) is 12.7. The minimum Gasteiger partial charge on any atom is -0.470 e. The number of ether oxygens (including phenoxy) is 1. The van der Waals surface area contributed by atoms with E-state index < -0.39 is 0 Å². The number of nitrogens with one attached hydrogen (secondary N) is 2. The lowest BCUT2D eigenvalue weighted by molar-refractivity contribution is 0.292. The van der Waals surface area contributed by atoms with Crippen molar-refractivity contribution in [1.82, 2.24) is 50.1 Å². The van der Waals surface area contributed by atoms with Crippen LogP contribution in [0, 0.1) is 5.41 Å². The van der Waals surface area contributed by atoms with Gasteiger partial charge in [-0.15, -0.1) is 20.4 Å². The highest BCUT2D eigenvalue weighted by molar-refractivity contribution is 5.82. The van der Waals surface area contributed by atoms with E-state index in [4.69, 9.17) is 9.84 Å². The first-order chi connectivity index (χ1) is 22.5. The molecule has 0 spiro atoms. The summed E-state index contributed by atoms with van der Waals surface area (Å²) in [4.78, 5) is 8.57. The van der Waals surface area contributed by atoms with Crippen LogP contribution in [0.1, 0.15) is 56.7 Å². The Morgan fingerprint density at radius 1 is 0.957 bits per heavy atom. The predicted octanol–water partition coefficient (Wildman–Crippen LogP) is 5.29. The molecule has 4 aromatic heterocycles. The predicted molar refractivity (Wildman–Crippen MR) is 176 cm³/mol. The van der Waals surface area contributed by atoms with Crippen molar-refractivity contribution in [3.8, 4) is 17.3 Å². The standard InChI is InChI=1S/C34H39N11O/c1-34(2,21-35-16-9-17-44-19-26(39-43-44)20-46-33-27-14-6-7-15-29(27)37-23-38-33)22-36-31-28(24-12-8-13-24)18-30-40-41-32(45(30)42-31)25-10-4-3-5-11-25/h3-7,10-11,14-15,18-19,23-24,35H,8-9,12-13,16-17,20-22H2,1-2H3,(H,36,42). The van der Waals surface area contributed by atoms with Gasteiger partial charge in [-0.1, -0.05) is 67.9 Å². The summed E-state index contributed by atoms with van der Waals surface area (Å²) < 4.78 is 9.66. The molecule has 0 aliphatic heterocycles. The summed E-state index contributed by atoms with van der Waals surface area (Å²) in [6.45, 7) is 8.14. The number of anilines is 1. The maximum Gasteiger partial charge on any atom is 0.224 e. The summed E-state index contributed by atoms with van der Waals surface area (Å²) >= 11 is 0. The van der Waals surface area contributed by atoms with E-state index in [9.17, 15) is 0 Å². The summed E-state index contributed by atoms with van der Waals surface area (Å²) in [5.41, 5.74) is 4.66. The Kier molecular flexibility index (Phi) is 8.51. The van der Waals surface area contributed by atoms with Crippen molar-refractivity contribution in [2.45, 2.75) is 58.6 Å². The molecular weight excluding hydrogens is 578 g/mol. The largest absolute Gasteiger partial charge is 0.470 e. The van der Waals surface area contributed by atoms with Crippen molar-refractivity contribution in [3.63, 3.8) is 0 Å². The van der Waals surface area contributed by atoms with Crippen molar-refractivity contribution in [2.75, 3.05) is 25.0 Å². The number of aryl methyl sites for hydroxylation is 1. The molecule has 6 aromatic rings. The zero-order chi connectivity index (χ0) is 31.3. The first-order valence-corrected chi connectivity index (χ1v) is 16.0. The van der Waals surface area contributed by atoms with Gasteiger partial charge in [0.2, 0.25) is 5.88 Å². The van der Waals surface area contributed by atoms with Crippen LogP contribution in [-0.2, 0) is 13.2 Å². The van der Waals surface area contributed by atoms with Crippen molar-refractivity contribution < 1.29 is 4.74 Å². The minimum absolute atomic E-state index is 0.00585. The van der Waals surface area contributed by atoms with Gasteiger partial charge in [0, 0.05) is 30.8 Å². The SMILES string of the molecule is CC(C)(CNCCCn1cc(COc2ncnc3ccccc23)nn1)CNc1nn2c(-c3ccccc3)nnc2cc1C1CCC1. The van der Waals surface area contributed by atoms with E-state index in [-0.39, 0.29) is 5.41 Å². The first kappa shape index (κ1) is 29.7. The fourth-order valence-corrected chi connectivity index (χ4v) is 5.71. The molecule has 7 rings (SSSR count). The van der Waals surface area contributed by atoms with Crippen LogP contribution in [0.2, 0.25) is 0 Å². The maximum atomic E-state index is 5.93. The van der Waals surface area contributed by atoms with Crippen LogP contribution in [0.15, 0.2) is 73.2 Å². The zero-order valence-electron chi connectivity index (χ0n) is 26.3. The van der Waals surface area contributed by atoms with Crippen LogP contribution < -0.4 is 15.4 Å². The molecule has 0 bridgehead atoms. The van der Waals surface area contributed by atoms with Crippen LogP contribution in [0.3, 0.4) is 0 Å². The van der Waals surface area contributed by atoms with Crippen LogP contribution in [-0.4, -0.2) is 64.4 Å². The van der Waals surface area contributed by atoms with Crippen molar-refractivity contribution in [2.24, 2.45) is 5.41 Å². The summed E-state index contributed by atoms with van der Waals surface area (Å²) in [5.74, 6) is 2.76. The normalized spacial score (nSPS) is 13.7. The van der Waals surface area contributed by atoms with Crippen molar-refractivity contribution in [3.05, 3.63) is 84.4 Å². The van der Waals surface area contributed by atoms with Crippen LogP contribution in [0.25, 0.3) is 27.9 Å². The van der Waals surface area contributed by atoms with Gasteiger partial charge < -0.3 is 15.4 Å². The summed E-state index contributed by atoms with van der Waals surface area (Å²) in [7, 11) is 0. The molecule has 12 heteroatoms. The molecule has 1 fully saturated rings. The highest BCUT2D eigenvalue weighted by Crippen LogP contribution is 2.40. The highest BCUT2D eigenvalue weighted by Gasteiger charge is 2.26. The fourth-order valence-electron chi connectivity index (χ4n) is 5.71. The number of rotatable bonds is 14. The molecule has 0 saturated heterocycles. The molecule has 0 radical (unpaired) electrons.